The first-order valence-corrected chi connectivity index (χ1v) is 4.18. The van der Waals surface area contributed by atoms with E-state index in [2.05, 4.69) is 17.1 Å². The topological polar surface area (TPSA) is 30.7 Å². The van der Waals surface area contributed by atoms with Crippen molar-refractivity contribution in [3.05, 3.63) is 11.9 Å². The summed E-state index contributed by atoms with van der Waals surface area (Å²) in [6, 6.07) is 0. The van der Waals surface area contributed by atoms with Gasteiger partial charge in [0.05, 0.1) is 11.6 Å². The highest BCUT2D eigenvalue weighted by Gasteiger charge is 2.09. The average molecular weight is 174 g/mol. The van der Waals surface area contributed by atoms with E-state index in [0.29, 0.717) is 0 Å². The highest BCUT2D eigenvalue weighted by atomic mass is 35.5. The smallest absolute Gasteiger partial charge is 0.101 e. The lowest BCUT2D eigenvalue weighted by Crippen LogP contribution is -1.95. The Hall–Kier alpha value is -0.570. The molecule has 1 heterocycles. The summed E-state index contributed by atoms with van der Waals surface area (Å²) in [4.78, 5) is 1.53. The van der Waals surface area contributed by atoms with Crippen molar-refractivity contribution in [1.82, 2.24) is 15.0 Å². The van der Waals surface area contributed by atoms with Crippen LogP contribution in [0.25, 0.3) is 0 Å². The minimum absolute atomic E-state index is 0.0219. The van der Waals surface area contributed by atoms with Crippen LogP contribution in [0.2, 0.25) is 0 Å². The molecular formula is C7H12ClN3. The fourth-order valence-corrected chi connectivity index (χ4v) is 1.22. The minimum atomic E-state index is 0.0219. The van der Waals surface area contributed by atoms with Crippen molar-refractivity contribution >= 4 is 11.6 Å². The molecule has 1 unspecified atom stereocenters. The van der Waals surface area contributed by atoms with Gasteiger partial charge >= 0.3 is 0 Å². The molecule has 62 valence electrons. The van der Waals surface area contributed by atoms with Crippen LogP contribution in [0.4, 0.5) is 0 Å². The standard InChI is InChI=1S/C7H12ClN3/c1-3-4-6(8)7-5-9-11(2)10-7/h5-6H,3-4H2,1-2H3. The Bertz CT molecular complexity index is 221. The number of aromatic nitrogens is 3. The number of hydrogen-bond donors (Lipinski definition) is 0. The summed E-state index contributed by atoms with van der Waals surface area (Å²) >= 11 is 6.00. The van der Waals surface area contributed by atoms with Gasteiger partial charge in [0.25, 0.3) is 0 Å². The van der Waals surface area contributed by atoms with E-state index >= 15 is 0 Å². The van der Waals surface area contributed by atoms with Crippen molar-refractivity contribution in [2.75, 3.05) is 0 Å². The molecule has 0 aliphatic heterocycles. The van der Waals surface area contributed by atoms with E-state index in [1.165, 1.54) is 4.80 Å². The summed E-state index contributed by atoms with van der Waals surface area (Å²) in [5.41, 5.74) is 0.871. The lowest BCUT2D eigenvalue weighted by atomic mass is 10.2. The second kappa shape index (κ2) is 3.72. The van der Waals surface area contributed by atoms with E-state index in [-0.39, 0.29) is 5.38 Å². The number of hydrogen-bond acceptors (Lipinski definition) is 2. The molecule has 1 atom stereocenters. The monoisotopic (exact) mass is 173 g/mol. The third kappa shape index (κ3) is 2.19. The summed E-state index contributed by atoms with van der Waals surface area (Å²) in [6.45, 7) is 2.10. The normalized spacial score (nSPS) is 13.4. The van der Waals surface area contributed by atoms with Gasteiger partial charge in [0, 0.05) is 7.05 Å². The number of nitrogens with zero attached hydrogens (tertiary/aromatic N) is 3. The first kappa shape index (κ1) is 8.53. The van der Waals surface area contributed by atoms with Crippen LogP contribution in [0.15, 0.2) is 6.20 Å². The average Bonchev–Trinajstić information content (AvgIpc) is 2.36. The first-order chi connectivity index (χ1) is 5.24. The molecule has 1 rings (SSSR count). The van der Waals surface area contributed by atoms with E-state index < -0.39 is 0 Å². The van der Waals surface area contributed by atoms with Gasteiger partial charge < -0.3 is 0 Å². The maximum absolute atomic E-state index is 6.00. The summed E-state index contributed by atoms with van der Waals surface area (Å²) in [5, 5.41) is 8.07. The predicted octanol–water partition coefficient (Wildman–Crippen LogP) is 1.90. The zero-order chi connectivity index (χ0) is 8.27. The Morgan fingerprint density at radius 1 is 1.73 bits per heavy atom. The Labute approximate surface area is 71.4 Å². The number of rotatable bonds is 3. The van der Waals surface area contributed by atoms with Crippen LogP contribution in [-0.2, 0) is 7.05 Å². The number of halogens is 1. The number of aryl methyl sites for hydroxylation is 1. The molecule has 1 aromatic rings. The van der Waals surface area contributed by atoms with Gasteiger partial charge in [-0.15, -0.1) is 11.6 Å². The van der Waals surface area contributed by atoms with Gasteiger partial charge in [-0.05, 0) is 6.42 Å². The third-order valence-electron chi connectivity index (χ3n) is 1.48. The molecule has 4 heteroatoms. The molecule has 0 N–H and O–H groups in total. The van der Waals surface area contributed by atoms with Crippen LogP contribution in [0.3, 0.4) is 0 Å². The largest absolute Gasteiger partial charge is 0.188 e. The van der Waals surface area contributed by atoms with Crippen LogP contribution >= 0.6 is 11.6 Å². The lowest BCUT2D eigenvalue weighted by molar-refractivity contribution is 0.636. The van der Waals surface area contributed by atoms with Gasteiger partial charge in [-0.2, -0.15) is 15.0 Å². The van der Waals surface area contributed by atoms with Crippen molar-refractivity contribution in [3.8, 4) is 0 Å². The Kier molecular flexibility index (Phi) is 2.88. The van der Waals surface area contributed by atoms with E-state index in [4.69, 9.17) is 11.6 Å². The van der Waals surface area contributed by atoms with Crippen molar-refractivity contribution < 1.29 is 0 Å². The van der Waals surface area contributed by atoms with Gasteiger partial charge in [0.1, 0.15) is 5.69 Å². The zero-order valence-electron chi connectivity index (χ0n) is 6.79. The SMILES string of the molecule is CCCC(Cl)c1cnn(C)n1. The maximum Gasteiger partial charge on any atom is 0.101 e. The Morgan fingerprint density at radius 3 is 2.91 bits per heavy atom. The van der Waals surface area contributed by atoms with E-state index in [9.17, 15) is 0 Å². The van der Waals surface area contributed by atoms with Crippen LogP contribution in [-0.4, -0.2) is 15.0 Å². The van der Waals surface area contributed by atoms with Crippen molar-refractivity contribution in [3.63, 3.8) is 0 Å². The molecule has 0 amide bonds. The van der Waals surface area contributed by atoms with Gasteiger partial charge in [-0.25, -0.2) is 0 Å². The molecule has 1 aromatic heterocycles. The van der Waals surface area contributed by atoms with Gasteiger partial charge in [-0.1, -0.05) is 13.3 Å². The number of alkyl halides is 1. The first-order valence-electron chi connectivity index (χ1n) is 3.74. The lowest BCUT2D eigenvalue weighted by Gasteiger charge is -2.01. The van der Waals surface area contributed by atoms with Crippen LogP contribution in [0.1, 0.15) is 30.8 Å². The fourth-order valence-electron chi connectivity index (χ4n) is 0.906. The molecule has 0 saturated carbocycles. The summed E-state index contributed by atoms with van der Waals surface area (Å²) < 4.78 is 0. The summed E-state index contributed by atoms with van der Waals surface area (Å²) in [7, 11) is 1.79. The molecule has 0 spiro atoms. The van der Waals surface area contributed by atoms with E-state index in [1.807, 2.05) is 0 Å². The molecule has 0 fully saturated rings. The third-order valence-corrected chi connectivity index (χ3v) is 1.92. The molecule has 0 aliphatic carbocycles. The highest BCUT2D eigenvalue weighted by Crippen LogP contribution is 2.22. The maximum atomic E-state index is 6.00. The molecule has 0 radical (unpaired) electrons. The van der Waals surface area contributed by atoms with E-state index in [1.54, 1.807) is 13.2 Å². The minimum Gasteiger partial charge on any atom is -0.188 e. The summed E-state index contributed by atoms with van der Waals surface area (Å²) in [6.07, 6.45) is 3.75. The molecule has 0 aromatic carbocycles. The van der Waals surface area contributed by atoms with Crippen molar-refractivity contribution in [2.45, 2.75) is 25.1 Å². The molecule has 3 nitrogen and oxygen atoms in total. The predicted molar refractivity (Wildman–Crippen MR) is 44.5 cm³/mol. The zero-order valence-corrected chi connectivity index (χ0v) is 7.54. The van der Waals surface area contributed by atoms with Crippen LogP contribution in [0, 0.1) is 0 Å². The molecule has 11 heavy (non-hydrogen) atoms. The molecule has 0 aliphatic rings. The molecular weight excluding hydrogens is 162 g/mol. The second-order valence-electron chi connectivity index (χ2n) is 2.52. The Balaban J connectivity index is 2.60. The Morgan fingerprint density at radius 2 is 2.45 bits per heavy atom. The van der Waals surface area contributed by atoms with E-state index in [0.717, 1.165) is 18.5 Å². The second-order valence-corrected chi connectivity index (χ2v) is 3.04. The highest BCUT2D eigenvalue weighted by molar-refractivity contribution is 6.20. The van der Waals surface area contributed by atoms with Crippen LogP contribution in [0.5, 0.6) is 0 Å². The molecule has 0 saturated heterocycles. The summed E-state index contributed by atoms with van der Waals surface area (Å²) in [5.74, 6) is 0. The van der Waals surface area contributed by atoms with Crippen molar-refractivity contribution in [1.29, 1.82) is 0 Å². The van der Waals surface area contributed by atoms with Gasteiger partial charge in [-0.3, -0.25) is 0 Å². The van der Waals surface area contributed by atoms with Crippen LogP contribution < -0.4 is 0 Å². The molecule has 0 bridgehead atoms. The van der Waals surface area contributed by atoms with Gasteiger partial charge in [0.15, 0.2) is 0 Å². The van der Waals surface area contributed by atoms with Crippen molar-refractivity contribution in [2.24, 2.45) is 7.05 Å². The van der Waals surface area contributed by atoms with Gasteiger partial charge in [0.2, 0.25) is 0 Å². The quantitative estimate of drug-likeness (QED) is 0.654. The fraction of sp³-hybridized carbons (Fsp3) is 0.714.